The van der Waals surface area contributed by atoms with Crippen LogP contribution in [0.1, 0.15) is 5.56 Å². The third kappa shape index (κ3) is 2.60. The molecule has 0 atom stereocenters. The van der Waals surface area contributed by atoms with Crippen molar-refractivity contribution in [2.75, 3.05) is 0 Å². The molecule has 1 heterocycles. The molecule has 4 heteroatoms. The van der Waals surface area contributed by atoms with Gasteiger partial charge in [0.1, 0.15) is 0 Å². The average Bonchev–Trinajstić information content (AvgIpc) is 2.45. The van der Waals surface area contributed by atoms with Crippen molar-refractivity contribution in [3.63, 3.8) is 0 Å². The van der Waals surface area contributed by atoms with Crippen LogP contribution in [-0.2, 0) is 6.54 Å². The average molecular weight is 396 g/mol. The summed E-state index contributed by atoms with van der Waals surface area (Å²) in [5, 5.41) is 1.69. The molecule has 100 valence electrons. The van der Waals surface area contributed by atoms with E-state index in [-0.39, 0.29) is 5.56 Å². The summed E-state index contributed by atoms with van der Waals surface area (Å²) < 4.78 is 2.71. The third-order valence-electron chi connectivity index (χ3n) is 3.21. The molecule has 20 heavy (non-hydrogen) atoms. The van der Waals surface area contributed by atoms with E-state index in [9.17, 15) is 4.79 Å². The Balaban J connectivity index is 2.22. The maximum absolute atomic E-state index is 12.3. The van der Waals surface area contributed by atoms with Crippen molar-refractivity contribution in [3.05, 3.63) is 79.1 Å². The van der Waals surface area contributed by atoms with E-state index in [4.69, 9.17) is 11.6 Å². The monoisotopic (exact) mass is 395 g/mol. The van der Waals surface area contributed by atoms with Gasteiger partial charge in [0.2, 0.25) is 0 Å². The lowest BCUT2D eigenvalue weighted by Crippen LogP contribution is -2.21. The highest BCUT2D eigenvalue weighted by Gasteiger charge is 2.08. The van der Waals surface area contributed by atoms with Crippen molar-refractivity contribution < 1.29 is 0 Å². The summed E-state index contributed by atoms with van der Waals surface area (Å²) in [6, 6.07) is 17.3. The highest BCUT2D eigenvalue weighted by Crippen LogP contribution is 2.23. The van der Waals surface area contributed by atoms with E-state index >= 15 is 0 Å². The first-order chi connectivity index (χ1) is 9.65. The molecule has 0 bridgehead atoms. The van der Waals surface area contributed by atoms with E-state index in [0.29, 0.717) is 11.6 Å². The topological polar surface area (TPSA) is 22.0 Å². The summed E-state index contributed by atoms with van der Waals surface area (Å²) in [4.78, 5) is 12.3. The van der Waals surface area contributed by atoms with E-state index in [0.717, 1.165) is 20.0 Å². The van der Waals surface area contributed by atoms with Gasteiger partial charge in [-0.05, 0) is 46.4 Å². The highest BCUT2D eigenvalue weighted by molar-refractivity contribution is 14.1. The van der Waals surface area contributed by atoms with E-state index in [2.05, 4.69) is 22.6 Å². The number of fused-ring (bicyclic) bond motifs is 1. The molecule has 0 unspecified atom stereocenters. The first-order valence-corrected chi connectivity index (χ1v) is 7.63. The summed E-state index contributed by atoms with van der Waals surface area (Å²) >= 11 is 8.23. The van der Waals surface area contributed by atoms with Crippen molar-refractivity contribution in [1.82, 2.24) is 4.57 Å². The zero-order valence-electron chi connectivity index (χ0n) is 10.5. The molecule has 0 fully saturated rings. The van der Waals surface area contributed by atoms with Crippen LogP contribution in [0.2, 0.25) is 5.02 Å². The minimum absolute atomic E-state index is 0.00748. The van der Waals surface area contributed by atoms with Gasteiger partial charge in [-0.3, -0.25) is 4.79 Å². The lowest BCUT2D eigenvalue weighted by atomic mass is 10.2. The van der Waals surface area contributed by atoms with Gasteiger partial charge < -0.3 is 4.57 Å². The van der Waals surface area contributed by atoms with Crippen molar-refractivity contribution in [2.24, 2.45) is 0 Å². The number of halogens is 2. The first-order valence-electron chi connectivity index (χ1n) is 6.18. The predicted molar refractivity (Wildman–Crippen MR) is 91.5 cm³/mol. The number of hydrogen-bond donors (Lipinski definition) is 0. The lowest BCUT2D eigenvalue weighted by Gasteiger charge is -2.12. The van der Waals surface area contributed by atoms with Gasteiger partial charge in [0, 0.05) is 20.0 Å². The van der Waals surface area contributed by atoms with E-state index < -0.39 is 0 Å². The first kappa shape index (κ1) is 13.6. The molecule has 3 aromatic rings. The third-order valence-corrected chi connectivity index (χ3v) is 4.33. The molecule has 0 aliphatic carbocycles. The second-order valence-corrected chi connectivity index (χ2v) is 6.16. The van der Waals surface area contributed by atoms with Crippen molar-refractivity contribution >= 4 is 45.1 Å². The Kier molecular flexibility index (Phi) is 3.81. The minimum atomic E-state index is 0.00748. The largest absolute Gasteiger partial charge is 0.304 e. The van der Waals surface area contributed by atoms with Crippen molar-refractivity contribution in [1.29, 1.82) is 0 Å². The smallest absolute Gasteiger partial charge is 0.252 e. The second kappa shape index (κ2) is 5.58. The Labute approximate surface area is 135 Å². The van der Waals surface area contributed by atoms with Gasteiger partial charge in [0.15, 0.2) is 0 Å². The summed E-state index contributed by atoms with van der Waals surface area (Å²) in [5.41, 5.74) is 2.02. The van der Waals surface area contributed by atoms with Gasteiger partial charge in [0.25, 0.3) is 5.56 Å². The zero-order valence-corrected chi connectivity index (χ0v) is 13.4. The minimum Gasteiger partial charge on any atom is -0.304 e. The number of rotatable bonds is 2. The molecule has 0 amide bonds. The van der Waals surface area contributed by atoms with E-state index in [1.807, 2.05) is 48.5 Å². The highest BCUT2D eigenvalue weighted by atomic mass is 127. The second-order valence-electron chi connectivity index (χ2n) is 4.56. The van der Waals surface area contributed by atoms with Crippen LogP contribution in [-0.4, -0.2) is 4.57 Å². The molecule has 0 aliphatic heterocycles. The van der Waals surface area contributed by atoms with Gasteiger partial charge in [0.05, 0.1) is 12.1 Å². The van der Waals surface area contributed by atoms with Crippen LogP contribution in [0.15, 0.2) is 59.4 Å². The van der Waals surface area contributed by atoms with Crippen LogP contribution < -0.4 is 5.56 Å². The van der Waals surface area contributed by atoms with Crippen LogP contribution in [0, 0.1) is 3.57 Å². The fraction of sp³-hybridized carbons (Fsp3) is 0.0625. The molecule has 2 nitrogen and oxygen atoms in total. The van der Waals surface area contributed by atoms with Crippen LogP contribution in [0.5, 0.6) is 0 Å². The van der Waals surface area contributed by atoms with Crippen LogP contribution in [0.25, 0.3) is 10.9 Å². The summed E-state index contributed by atoms with van der Waals surface area (Å²) in [6.45, 7) is 0.564. The molecule has 0 spiro atoms. The number of nitrogens with zero attached hydrogens (tertiary/aromatic N) is 1. The quantitative estimate of drug-likeness (QED) is 0.593. The molecule has 2 aromatic carbocycles. The maximum atomic E-state index is 12.3. The van der Waals surface area contributed by atoms with E-state index in [1.165, 1.54) is 0 Å². The number of pyridine rings is 1. The van der Waals surface area contributed by atoms with Gasteiger partial charge in [-0.15, -0.1) is 0 Å². The molecule has 0 saturated heterocycles. The fourth-order valence-corrected chi connectivity index (χ4v) is 3.12. The predicted octanol–water partition coefficient (Wildman–Crippen LogP) is 4.31. The molecule has 0 aliphatic rings. The van der Waals surface area contributed by atoms with Gasteiger partial charge in [-0.25, -0.2) is 0 Å². The SMILES string of the molecule is O=c1cc(I)c2cc(Cl)ccc2n1Cc1ccccc1. The maximum Gasteiger partial charge on any atom is 0.252 e. The van der Waals surface area contributed by atoms with E-state index in [1.54, 1.807) is 10.6 Å². The van der Waals surface area contributed by atoms with Crippen LogP contribution in [0.4, 0.5) is 0 Å². The summed E-state index contributed by atoms with van der Waals surface area (Å²) in [6.07, 6.45) is 0. The standard InChI is InChI=1S/C16H11ClINO/c17-12-6-7-15-13(8-12)14(18)9-16(20)19(15)10-11-4-2-1-3-5-11/h1-9H,10H2. The van der Waals surface area contributed by atoms with Gasteiger partial charge in [-0.1, -0.05) is 41.9 Å². The fourth-order valence-electron chi connectivity index (χ4n) is 2.25. The number of hydrogen-bond acceptors (Lipinski definition) is 1. The number of aromatic nitrogens is 1. The lowest BCUT2D eigenvalue weighted by molar-refractivity contribution is 0.793. The zero-order chi connectivity index (χ0) is 14.1. The molecule has 0 N–H and O–H groups in total. The molecular weight excluding hydrogens is 385 g/mol. The molecule has 0 saturated carbocycles. The molecule has 3 rings (SSSR count). The molecule has 1 aromatic heterocycles. The van der Waals surface area contributed by atoms with Crippen molar-refractivity contribution in [2.45, 2.75) is 6.54 Å². The summed E-state index contributed by atoms with van der Waals surface area (Å²) in [7, 11) is 0. The Hall–Kier alpha value is -1.33. The Morgan fingerprint density at radius 2 is 1.80 bits per heavy atom. The molecular formula is C16H11ClINO. The van der Waals surface area contributed by atoms with Crippen LogP contribution >= 0.6 is 34.2 Å². The normalized spacial score (nSPS) is 10.9. The Morgan fingerprint density at radius 1 is 1.05 bits per heavy atom. The Morgan fingerprint density at radius 3 is 2.55 bits per heavy atom. The van der Waals surface area contributed by atoms with Crippen molar-refractivity contribution in [3.8, 4) is 0 Å². The summed E-state index contributed by atoms with van der Waals surface area (Å²) in [5.74, 6) is 0. The van der Waals surface area contributed by atoms with Gasteiger partial charge in [-0.2, -0.15) is 0 Å². The number of benzene rings is 2. The Bertz CT molecular complexity index is 827. The van der Waals surface area contributed by atoms with Crippen LogP contribution in [0.3, 0.4) is 0 Å². The molecule has 0 radical (unpaired) electrons. The van der Waals surface area contributed by atoms with Gasteiger partial charge >= 0.3 is 0 Å².